The number of imidazole rings is 1. The number of allylic oxidation sites excluding steroid dienone is 2. The normalized spacial score (nSPS) is 26.6. The summed E-state index contributed by atoms with van der Waals surface area (Å²) < 4.78 is 33.9. The van der Waals surface area contributed by atoms with E-state index in [-0.39, 0.29) is 16.9 Å². The fraction of sp³-hybridized carbons (Fsp3) is 0.481. The summed E-state index contributed by atoms with van der Waals surface area (Å²) in [6.45, 7) is 3.03. The zero-order chi connectivity index (χ0) is 25.6. The molecule has 7 nitrogen and oxygen atoms in total. The summed E-state index contributed by atoms with van der Waals surface area (Å²) >= 11 is 0. The van der Waals surface area contributed by atoms with E-state index in [2.05, 4.69) is 35.2 Å². The Balaban J connectivity index is 1.53. The van der Waals surface area contributed by atoms with Crippen LogP contribution in [0.3, 0.4) is 0 Å². The predicted octanol–water partition coefficient (Wildman–Crippen LogP) is 5.54. The average molecular weight is 494 g/mol. The Kier molecular flexibility index (Phi) is 6.03. The van der Waals surface area contributed by atoms with E-state index in [1.165, 1.54) is 6.20 Å². The number of hydrogen-bond acceptors (Lipinski definition) is 5. The zero-order valence-corrected chi connectivity index (χ0v) is 20.5. The van der Waals surface area contributed by atoms with E-state index >= 15 is 0 Å². The fourth-order valence-electron chi connectivity index (χ4n) is 5.30. The van der Waals surface area contributed by atoms with Gasteiger partial charge in [0.15, 0.2) is 5.82 Å². The number of carbonyl (C=O) groups excluding carboxylic acids is 1. The molecule has 0 aromatic carbocycles. The monoisotopic (exact) mass is 493 g/mol. The largest absolute Gasteiger partial charge is 0.359 e. The van der Waals surface area contributed by atoms with Crippen LogP contribution in [0.4, 0.5) is 14.5 Å². The van der Waals surface area contributed by atoms with E-state index in [9.17, 15) is 13.6 Å². The second-order valence-electron chi connectivity index (χ2n) is 10.9. The van der Waals surface area contributed by atoms with Crippen molar-refractivity contribution >= 4 is 22.7 Å². The number of nitriles is 1. The van der Waals surface area contributed by atoms with Crippen LogP contribution < -0.4 is 5.32 Å². The highest BCUT2D eigenvalue weighted by molar-refractivity contribution is 6.03. The molecular weight excluding hydrogens is 464 g/mol. The first-order valence-corrected chi connectivity index (χ1v) is 12.2. The van der Waals surface area contributed by atoms with E-state index in [1.54, 1.807) is 18.2 Å². The molecule has 4 heterocycles. The second kappa shape index (κ2) is 8.93. The standard InChI is InChI=1S/C27H29F2N5O2/c1-25(2)7-5-17(6-8-25)22-21(34-24(35)23-31-14-19(13-30)32-23)4-3-20(33-22)18-11-26(15-28)9-10-27(12-18,16-29)36-26/h3-5,11,14H,6-10,12,15-16H2,1-2H3,(H,31,32)(H,34,35). The minimum atomic E-state index is -1.11. The summed E-state index contributed by atoms with van der Waals surface area (Å²) in [6.07, 6.45) is 9.06. The minimum Gasteiger partial charge on any atom is -0.359 e. The summed E-state index contributed by atoms with van der Waals surface area (Å²) in [4.78, 5) is 24.4. The van der Waals surface area contributed by atoms with Gasteiger partial charge in [-0.05, 0) is 66.9 Å². The smallest absolute Gasteiger partial charge is 0.291 e. The molecule has 5 rings (SSSR count). The number of anilines is 1. The van der Waals surface area contributed by atoms with Crippen LogP contribution in [0.15, 0.2) is 30.5 Å². The van der Waals surface area contributed by atoms with E-state index in [1.807, 2.05) is 6.07 Å². The number of H-pyrrole nitrogens is 1. The third-order valence-corrected chi connectivity index (χ3v) is 7.50. The number of nitrogens with one attached hydrogen (secondary N) is 2. The lowest BCUT2D eigenvalue weighted by atomic mass is 9.77. The Hall–Kier alpha value is -3.38. The number of ether oxygens (including phenoxy) is 1. The van der Waals surface area contributed by atoms with Crippen molar-refractivity contribution < 1.29 is 18.3 Å². The number of halogens is 2. The molecule has 2 bridgehead atoms. The number of carbonyl (C=O) groups is 1. The molecular formula is C27H29F2N5O2. The molecule has 2 unspecified atom stereocenters. The van der Waals surface area contributed by atoms with Crippen LogP contribution in [0.1, 0.15) is 80.1 Å². The minimum absolute atomic E-state index is 0.0267. The van der Waals surface area contributed by atoms with Crippen LogP contribution in [0.25, 0.3) is 11.1 Å². The number of aromatic nitrogens is 3. The van der Waals surface area contributed by atoms with Crippen molar-refractivity contribution in [2.45, 2.75) is 63.6 Å². The van der Waals surface area contributed by atoms with Gasteiger partial charge in [0.25, 0.3) is 5.91 Å². The summed E-state index contributed by atoms with van der Waals surface area (Å²) in [5.74, 6) is -0.459. The van der Waals surface area contributed by atoms with Gasteiger partial charge in [0.05, 0.1) is 23.3 Å². The molecule has 0 radical (unpaired) electrons. The van der Waals surface area contributed by atoms with Gasteiger partial charge in [-0.3, -0.25) is 4.79 Å². The lowest BCUT2D eigenvalue weighted by Crippen LogP contribution is -2.41. The average Bonchev–Trinajstić information content (AvgIpc) is 3.47. The number of aromatic amines is 1. The highest BCUT2D eigenvalue weighted by Crippen LogP contribution is 2.50. The van der Waals surface area contributed by atoms with Crippen molar-refractivity contribution in [3.8, 4) is 6.07 Å². The van der Waals surface area contributed by atoms with E-state index in [0.717, 1.165) is 30.4 Å². The molecule has 0 spiro atoms. The van der Waals surface area contributed by atoms with Gasteiger partial charge < -0.3 is 15.0 Å². The lowest BCUT2D eigenvalue weighted by Gasteiger charge is -2.36. The van der Waals surface area contributed by atoms with Crippen molar-refractivity contribution in [2.24, 2.45) is 5.41 Å². The van der Waals surface area contributed by atoms with Gasteiger partial charge in [-0.25, -0.2) is 18.7 Å². The fourth-order valence-corrected chi connectivity index (χ4v) is 5.30. The van der Waals surface area contributed by atoms with Crippen LogP contribution >= 0.6 is 0 Å². The number of alkyl halides is 2. The van der Waals surface area contributed by atoms with Gasteiger partial charge in [0, 0.05) is 6.42 Å². The molecule has 9 heteroatoms. The molecule has 36 heavy (non-hydrogen) atoms. The second-order valence-corrected chi connectivity index (χ2v) is 10.9. The van der Waals surface area contributed by atoms with Crippen molar-refractivity contribution in [2.75, 3.05) is 18.7 Å². The first-order chi connectivity index (χ1) is 17.2. The molecule has 0 saturated carbocycles. The number of pyridine rings is 1. The molecule has 2 N–H and O–H groups in total. The van der Waals surface area contributed by atoms with E-state index < -0.39 is 30.5 Å². The molecule has 3 aliphatic rings. The summed E-state index contributed by atoms with van der Waals surface area (Å²) in [6, 6.07) is 5.46. The maximum atomic E-state index is 14.0. The van der Waals surface area contributed by atoms with Crippen LogP contribution in [0.2, 0.25) is 0 Å². The van der Waals surface area contributed by atoms with Crippen molar-refractivity contribution in [3.63, 3.8) is 0 Å². The molecule has 2 aromatic heterocycles. The highest BCUT2D eigenvalue weighted by atomic mass is 19.1. The van der Waals surface area contributed by atoms with E-state index in [4.69, 9.17) is 15.0 Å². The number of rotatable bonds is 6. The Morgan fingerprint density at radius 3 is 2.72 bits per heavy atom. The van der Waals surface area contributed by atoms with Gasteiger partial charge in [-0.2, -0.15) is 5.26 Å². The van der Waals surface area contributed by atoms with Gasteiger partial charge in [0.1, 0.15) is 36.3 Å². The SMILES string of the molecule is CC1(C)CC=C(c2nc(C3=CC4(CF)CCC(CF)(C3)O4)ccc2NC(=O)c2ncc(C#N)[nH]2)CC1. The molecule has 2 atom stereocenters. The molecule has 1 aliphatic carbocycles. The Morgan fingerprint density at radius 1 is 1.22 bits per heavy atom. The van der Waals surface area contributed by atoms with E-state index in [0.29, 0.717) is 36.3 Å². The van der Waals surface area contributed by atoms with Crippen LogP contribution in [0.5, 0.6) is 0 Å². The first-order valence-electron chi connectivity index (χ1n) is 12.2. The third-order valence-electron chi connectivity index (χ3n) is 7.50. The molecule has 2 aromatic rings. The zero-order valence-electron chi connectivity index (χ0n) is 20.5. The Bertz CT molecular complexity index is 1310. The quantitative estimate of drug-likeness (QED) is 0.550. The number of hydrogen-bond donors (Lipinski definition) is 2. The number of amides is 1. The van der Waals surface area contributed by atoms with Crippen LogP contribution in [-0.2, 0) is 4.74 Å². The molecule has 1 fully saturated rings. The maximum absolute atomic E-state index is 14.0. The third kappa shape index (κ3) is 4.46. The number of fused-ring (bicyclic) bond motifs is 2. The molecule has 188 valence electrons. The summed E-state index contributed by atoms with van der Waals surface area (Å²) in [5, 5.41) is 11.9. The Morgan fingerprint density at radius 2 is 2.06 bits per heavy atom. The summed E-state index contributed by atoms with van der Waals surface area (Å²) in [5.41, 5.74) is 1.78. The maximum Gasteiger partial charge on any atom is 0.291 e. The topological polar surface area (TPSA) is 104 Å². The number of nitrogens with zero attached hydrogens (tertiary/aromatic N) is 3. The highest BCUT2D eigenvalue weighted by Gasteiger charge is 2.52. The van der Waals surface area contributed by atoms with Crippen molar-refractivity contribution in [3.05, 3.63) is 53.4 Å². The summed E-state index contributed by atoms with van der Waals surface area (Å²) in [7, 11) is 0. The van der Waals surface area contributed by atoms with Crippen LogP contribution in [-0.4, -0.2) is 45.4 Å². The lowest BCUT2D eigenvalue weighted by molar-refractivity contribution is -0.102. The van der Waals surface area contributed by atoms with Crippen molar-refractivity contribution in [1.29, 1.82) is 5.26 Å². The van der Waals surface area contributed by atoms with Gasteiger partial charge >= 0.3 is 0 Å². The molecule has 1 amide bonds. The molecule has 1 saturated heterocycles. The Labute approximate surface area is 208 Å². The van der Waals surface area contributed by atoms with Gasteiger partial charge in [-0.15, -0.1) is 0 Å². The van der Waals surface area contributed by atoms with Gasteiger partial charge in [-0.1, -0.05) is 19.9 Å². The van der Waals surface area contributed by atoms with Gasteiger partial charge in [0.2, 0.25) is 0 Å². The van der Waals surface area contributed by atoms with Crippen molar-refractivity contribution in [1.82, 2.24) is 15.0 Å². The van der Waals surface area contributed by atoms with Crippen LogP contribution in [0, 0.1) is 16.7 Å². The predicted molar refractivity (Wildman–Crippen MR) is 131 cm³/mol. The molecule has 2 aliphatic heterocycles. The first kappa shape index (κ1) is 24.3.